The van der Waals surface area contributed by atoms with E-state index in [2.05, 4.69) is 0 Å². The lowest BCUT2D eigenvalue weighted by molar-refractivity contribution is -0.135. The van der Waals surface area contributed by atoms with E-state index in [1.165, 1.54) is 32.1 Å². The van der Waals surface area contributed by atoms with Crippen molar-refractivity contribution < 1.29 is 4.79 Å². The van der Waals surface area contributed by atoms with Crippen LogP contribution in [-0.2, 0) is 4.79 Å². The molecule has 3 nitrogen and oxygen atoms in total. The number of amides is 1. The number of carbonyl (C=O) groups excluding carboxylic acids is 1. The highest BCUT2D eigenvalue weighted by Crippen LogP contribution is 2.25. The lowest BCUT2D eigenvalue weighted by atomic mass is 9.90. The molecule has 2 fully saturated rings. The van der Waals surface area contributed by atoms with E-state index in [0.29, 0.717) is 11.8 Å². The molecule has 0 bridgehead atoms. The van der Waals surface area contributed by atoms with Crippen molar-refractivity contribution in [3.63, 3.8) is 0 Å². The maximum atomic E-state index is 12.3. The van der Waals surface area contributed by atoms with Gasteiger partial charge in [0.15, 0.2) is 0 Å². The molecule has 0 radical (unpaired) electrons. The molecule has 4 heteroatoms. The highest BCUT2D eigenvalue weighted by atomic mass is 35.5. The fourth-order valence-corrected chi connectivity index (χ4v) is 2.95. The van der Waals surface area contributed by atoms with Crippen molar-refractivity contribution in [1.82, 2.24) is 4.90 Å². The zero-order chi connectivity index (χ0) is 11.4. The molecule has 1 heterocycles. The van der Waals surface area contributed by atoms with Gasteiger partial charge in [0.2, 0.25) is 5.91 Å². The highest BCUT2D eigenvalue weighted by molar-refractivity contribution is 5.85. The molecule has 0 spiro atoms. The van der Waals surface area contributed by atoms with Gasteiger partial charge in [-0.3, -0.25) is 4.79 Å². The molecule has 1 atom stereocenters. The number of likely N-dealkylation sites (tertiary alicyclic amines) is 1. The summed E-state index contributed by atoms with van der Waals surface area (Å²) in [5, 5.41) is 0. The molecule has 17 heavy (non-hydrogen) atoms. The molecular weight excluding hydrogens is 236 g/mol. The summed E-state index contributed by atoms with van der Waals surface area (Å²) in [5.41, 5.74) is 5.85. The lowest BCUT2D eigenvalue weighted by Gasteiger charge is -2.24. The molecule has 1 aliphatic heterocycles. The van der Waals surface area contributed by atoms with E-state index in [4.69, 9.17) is 5.73 Å². The summed E-state index contributed by atoms with van der Waals surface area (Å²) in [6, 6.07) is 0.220. The summed E-state index contributed by atoms with van der Waals surface area (Å²) < 4.78 is 0. The first kappa shape index (κ1) is 14.8. The molecule has 0 unspecified atom stereocenters. The van der Waals surface area contributed by atoms with Gasteiger partial charge in [-0.2, -0.15) is 0 Å². The molecule has 100 valence electrons. The van der Waals surface area contributed by atoms with Gasteiger partial charge < -0.3 is 10.6 Å². The zero-order valence-electron chi connectivity index (χ0n) is 10.6. The van der Waals surface area contributed by atoms with Crippen LogP contribution in [0.3, 0.4) is 0 Å². The Kier molecular flexibility index (Phi) is 6.28. The van der Waals surface area contributed by atoms with Gasteiger partial charge in [-0.05, 0) is 19.3 Å². The number of carbonyl (C=O) groups is 1. The molecule has 2 rings (SSSR count). The summed E-state index contributed by atoms with van der Waals surface area (Å²) in [7, 11) is 0. The summed E-state index contributed by atoms with van der Waals surface area (Å²) in [4.78, 5) is 14.3. The van der Waals surface area contributed by atoms with E-state index >= 15 is 0 Å². The minimum Gasteiger partial charge on any atom is -0.341 e. The molecule has 2 N–H and O–H groups in total. The van der Waals surface area contributed by atoms with Gasteiger partial charge in [0.25, 0.3) is 0 Å². The normalized spacial score (nSPS) is 27.1. The standard InChI is InChI=1S/C13H24N2O.ClH/c14-12-8-9-15(10-12)13(16)11-6-4-2-1-3-5-7-11;/h11-12H,1-10,14H2;1H/t12-;/m0./s1. The Morgan fingerprint density at radius 1 is 1.00 bits per heavy atom. The number of nitrogens with two attached hydrogens (primary N) is 1. The van der Waals surface area contributed by atoms with Crippen molar-refractivity contribution in [1.29, 1.82) is 0 Å². The molecule has 1 amide bonds. The minimum absolute atomic E-state index is 0. The Bertz CT molecular complexity index is 240. The van der Waals surface area contributed by atoms with Crippen molar-refractivity contribution in [2.75, 3.05) is 13.1 Å². The van der Waals surface area contributed by atoms with E-state index in [1.807, 2.05) is 4.90 Å². The van der Waals surface area contributed by atoms with Gasteiger partial charge in [0.1, 0.15) is 0 Å². The molecule has 1 aliphatic carbocycles. The van der Waals surface area contributed by atoms with Crippen molar-refractivity contribution in [3.8, 4) is 0 Å². The molecule has 1 saturated carbocycles. The van der Waals surface area contributed by atoms with E-state index in [0.717, 1.165) is 32.4 Å². The van der Waals surface area contributed by atoms with E-state index in [1.54, 1.807) is 0 Å². The monoisotopic (exact) mass is 260 g/mol. The van der Waals surface area contributed by atoms with Crippen LogP contribution >= 0.6 is 12.4 Å². The van der Waals surface area contributed by atoms with E-state index < -0.39 is 0 Å². The number of rotatable bonds is 1. The van der Waals surface area contributed by atoms with Crippen LogP contribution in [0.4, 0.5) is 0 Å². The first-order valence-corrected chi connectivity index (χ1v) is 6.82. The summed E-state index contributed by atoms with van der Waals surface area (Å²) in [6.07, 6.45) is 9.63. The smallest absolute Gasteiger partial charge is 0.225 e. The Labute approximate surface area is 111 Å². The number of nitrogens with zero attached hydrogens (tertiary/aromatic N) is 1. The van der Waals surface area contributed by atoms with E-state index in [9.17, 15) is 4.79 Å². The third-order valence-electron chi connectivity index (χ3n) is 3.99. The molecule has 0 aromatic rings. The summed E-state index contributed by atoms with van der Waals surface area (Å²) >= 11 is 0. The number of hydrogen-bond acceptors (Lipinski definition) is 2. The van der Waals surface area contributed by atoms with Crippen LogP contribution in [0.15, 0.2) is 0 Å². The van der Waals surface area contributed by atoms with Crippen LogP contribution < -0.4 is 5.73 Å². The second-order valence-electron chi connectivity index (χ2n) is 5.38. The third-order valence-corrected chi connectivity index (χ3v) is 3.99. The average Bonchev–Trinajstić information content (AvgIpc) is 2.63. The number of halogens is 1. The Morgan fingerprint density at radius 2 is 1.59 bits per heavy atom. The van der Waals surface area contributed by atoms with Gasteiger partial charge in [0.05, 0.1) is 0 Å². The highest BCUT2D eigenvalue weighted by Gasteiger charge is 2.29. The molecule has 2 aliphatic rings. The SMILES string of the molecule is Cl.N[C@H]1CCN(C(=O)C2CCCCCCC2)C1. The van der Waals surface area contributed by atoms with Gasteiger partial charge in [-0.15, -0.1) is 12.4 Å². The van der Waals surface area contributed by atoms with Crippen molar-refractivity contribution in [3.05, 3.63) is 0 Å². The fraction of sp³-hybridized carbons (Fsp3) is 0.923. The maximum Gasteiger partial charge on any atom is 0.225 e. The summed E-state index contributed by atoms with van der Waals surface area (Å²) in [5.74, 6) is 0.681. The lowest BCUT2D eigenvalue weighted by Crippen LogP contribution is -2.36. The largest absolute Gasteiger partial charge is 0.341 e. The second kappa shape index (κ2) is 7.22. The van der Waals surface area contributed by atoms with E-state index in [-0.39, 0.29) is 18.4 Å². The minimum atomic E-state index is 0. The fourth-order valence-electron chi connectivity index (χ4n) is 2.95. The van der Waals surface area contributed by atoms with Gasteiger partial charge in [-0.25, -0.2) is 0 Å². The van der Waals surface area contributed by atoms with Crippen LogP contribution in [0.25, 0.3) is 0 Å². The Hall–Kier alpha value is -0.280. The predicted octanol–water partition coefficient (Wildman–Crippen LogP) is 2.33. The first-order valence-electron chi connectivity index (χ1n) is 6.82. The van der Waals surface area contributed by atoms with Crippen LogP contribution in [0.5, 0.6) is 0 Å². The van der Waals surface area contributed by atoms with Gasteiger partial charge in [-0.1, -0.05) is 32.1 Å². The molecular formula is C13H25ClN2O. The van der Waals surface area contributed by atoms with Gasteiger partial charge in [0, 0.05) is 25.0 Å². The number of hydrogen-bond donors (Lipinski definition) is 1. The Balaban J connectivity index is 0.00000144. The first-order chi connectivity index (χ1) is 7.77. The van der Waals surface area contributed by atoms with Crippen molar-refractivity contribution >= 4 is 18.3 Å². The Morgan fingerprint density at radius 3 is 2.12 bits per heavy atom. The predicted molar refractivity (Wildman–Crippen MR) is 72.2 cm³/mol. The van der Waals surface area contributed by atoms with Crippen LogP contribution in [0.2, 0.25) is 0 Å². The van der Waals surface area contributed by atoms with Crippen LogP contribution in [0.1, 0.15) is 51.4 Å². The van der Waals surface area contributed by atoms with Crippen LogP contribution in [0, 0.1) is 5.92 Å². The third kappa shape index (κ3) is 4.14. The van der Waals surface area contributed by atoms with Crippen molar-refractivity contribution in [2.45, 2.75) is 57.4 Å². The van der Waals surface area contributed by atoms with Crippen molar-refractivity contribution in [2.24, 2.45) is 11.7 Å². The maximum absolute atomic E-state index is 12.3. The van der Waals surface area contributed by atoms with Crippen LogP contribution in [-0.4, -0.2) is 29.9 Å². The zero-order valence-corrected chi connectivity index (χ0v) is 11.4. The molecule has 0 aromatic carbocycles. The quantitative estimate of drug-likeness (QED) is 0.787. The molecule has 0 aromatic heterocycles. The summed E-state index contributed by atoms with van der Waals surface area (Å²) in [6.45, 7) is 1.67. The topological polar surface area (TPSA) is 46.3 Å². The average molecular weight is 261 g/mol. The second-order valence-corrected chi connectivity index (χ2v) is 5.38. The molecule has 1 saturated heterocycles. The van der Waals surface area contributed by atoms with Gasteiger partial charge >= 0.3 is 0 Å².